The number of thiazole rings is 1. The number of carbonyl (C=O) groups excluding carboxylic acids is 1. The van der Waals surface area contributed by atoms with Gasteiger partial charge in [0, 0.05) is 30.6 Å². The molecule has 144 valence electrons. The van der Waals surface area contributed by atoms with Crippen LogP contribution in [0.4, 0.5) is 0 Å². The van der Waals surface area contributed by atoms with Gasteiger partial charge in [0.25, 0.3) is 0 Å². The van der Waals surface area contributed by atoms with Gasteiger partial charge in [0.2, 0.25) is 5.91 Å². The van der Waals surface area contributed by atoms with Gasteiger partial charge in [0.05, 0.1) is 18.2 Å². The maximum absolute atomic E-state index is 13.1. The van der Waals surface area contributed by atoms with Crippen LogP contribution in [0, 0.1) is 6.92 Å². The minimum atomic E-state index is 0.0994. The molecule has 1 unspecified atom stereocenters. The Morgan fingerprint density at radius 3 is 2.75 bits per heavy atom. The lowest BCUT2D eigenvalue weighted by Gasteiger charge is -2.40. The molecule has 1 aromatic heterocycles. The van der Waals surface area contributed by atoms with Crippen molar-refractivity contribution in [3.63, 3.8) is 0 Å². The number of likely N-dealkylation sites (N-methyl/N-ethyl adjacent to an activating group) is 1. The first-order chi connectivity index (χ1) is 13.6. The van der Waals surface area contributed by atoms with Gasteiger partial charge in [-0.25, -0.2) is 4.98 Å². The van der Waals surface area contributed by atoms with Crippen molar-refractivity contribution >= 4 is 17.2 Å². The summed E-state index contributed by atoms with van der Waals surface area (Å²) in [5.41, 5.74) is 4.39. The molecule has 1 fully saturated rings. The first-order valence-electron chi connectivity index (χ1n) is 9.64. The molecule has 1 aliphatic heterocycles. The van der Waals surface area contributed by atoms with Gasteiger partial charge >= 0.3 is 0 Å². The van der Waals surface area contributed by atoms with Crippen LogP contribution in [-0.4, -0.2) is 47.4 Å². The summed E-state index contributed by atoms with van der Waals surface area (Å²) in [4.78, 5) is 22.2. The lowest BCUT2D eigenvalue weighted by atomic mass is 10.0. The van der Waals surface area contributed by atoms with Gasteiger partial charge in [-0.3, -0.25) is 4.79 Å². The fourth-order valence-electron chi connectivity index (χ4n) is 3.73. The molecule has 3 aromatic rings. The van der Waals surface area contributed by atoms with Crippen molar-refractivity contribution in [2.45, 2.75) is 19.4 Å². The van der Waals surface area contributed by atoms with E-state index in [1.54, 1.807) is 11.3 Å². The topological polar surface area (TPSA) is 36.4 Å². The molecular weight excluding hydrogens is 366 g/mol. The fourth-order valence-corrected chi connectivity index (χ4v) is 4.55. The molecule has 0 radical (unpaired) electrons. The Labute approximate surface area is 170 Å². The molecule has 1 atom stereocenters. The Hall–Kier alpha value is -2.50. The molecule has 0 N–H and O–H groups in total. The van der Waals surface area contributed by atoms with Crippen LogP contribution in [0.2, 0.25) is 0 Å². The van der Waals surface area contributed by atoms with Crippen molar-refractivity contribution in [1.29, 1.82) is 0 Å². The van der Waals surface area contributed by atoms with Crippen LogP contribution in [0.1, 0.15) is 22.9 Å². The Morgan fingerprint density at radius 1 is 1.14 bits per heavy atom. The van der Waals surface area contributed by atoms with Crippen LogP contribution in [0.15, 0.2) is 60.0 Å². The number of nitrogens with zero attached hydrogens (tertiary/aromatic N) is 3. The van der Waals surface area contributed by atoms with Crippen molar-refractivity contribution in [2.24, 2.45) is 0 Å². The molecule has 0 aliphatic carbocycles. The SMILES string of the molecule is Cc1cccc(-c2nc(CC(=O)N3CCN(C)CC3c3ccccc3)cs2)c1. The van der Waals surface area contributed by atoms with E-state index in [0.29, 0.717) is 6.42 Å². The van der Waals surface area contributed by atoms with Crippen molar-refractivity contribution in [3.05, 3.63) is 76.8 Å². The predicted molar refractivity (Wildman–Crippen MR) is 114 cm³/mol. The van der Waals surface area contributed by atoms with Crippen LogP contribution in [0.5, 0.6) is 0 Å². The van der Waals surface area contributed by atoms with Crippen LogP contribution in [-0.2, 0) is 11.2 Å². The molecule has 28 heavy (non-hydrogen) atoms. The predicted octanol–water partition coefficient (Wildman–Crippen LogP) is 4.18. The van der Waals surface area contributed by atoms with Gasteiger partial charge in [-0.2, -0.15) is 0 Å². The molecule has 1 amide bonds. The molecule has 5 heteroatoms. The highest BCUT2D eigenvalue weighted by Gasteiger charge is 2.30. The van der Waals surface area contributed by atoms with E-state index in [1.165, 1.54) is 11.1 Å². The minimum absolute atomic E-state index is 0.0994. The monoisotopic (exact) mass is 391 g/mol. The van der Waals surface area contributed by atoms with E-state index in [4.69, 9.17) is 4.98 Å². The molecule has 0 spiro atoms. The van der Waals surface area contributed by atoms with Gasteiger partial charge in [-0.1, -0.05) is 54.1 Å². The van der Waals surface area contributed by atoms with Crippen molar-refractivity contribution in [3.8, 4) is 10.6 Å². The van der Waals surface area contributed by atoms with E-state index < -0.39 is 0 Å². The van der Waals surface area contributed by atoms with Crippen LogP contribution < -0.4 is 0 Å². The maximum atomic E-state index is 13.1. The Balaban J connectivity index is 1.51. The average molecular weight is 392 g/mol. The van der Waals surface area contributed by atoms with Gasteiger partial charge in [-0.15, -0.1) is 11.3 Å². The van der Waals surface area contributed by atoms with E-state index in [0.717, 1.165) is 35.9 Å². The average Bonchev–Trinajstić information content (AvgIpc) is 3.17. The van der Waals surface area contributed by atoms with Crippen LogP contribution in [0.3, 0.4) is 0 Å². The van der Waals surface area contributed by atoms with E-state index in [2.05, 4.69) is 49.2 Å². The lowest BCUT2D eigenvalue weighted by molar-refractivity contribution is -0.135. The van der Waals surface area contributed by atoms with Crippen molar-refractivity contribution in [2.75, 3.05) is 26.7 Å². The van der Waals surface area contributed by atoms with E-state index >= 15 is 0 Å². The highest BCUT2D eigenvalue weighted by atomic mass is 32.1. The Kier molecular flexibility index (Phi) is 5.55. The highest BCUT2D eigenvalue weighted by molar-refractivity contribution is 7.13. The number of piperazine rings is 1. The Bertz CT molecular complexity index is 953. The number of benzene rings is 2. The second-order valence-corrected chi connectivity index (χ2v) is 8.32. The van der Waals surface area contributed by atoms with E-state index in [9.17, 15) is 4.79 Å². The standard InChI is InChI=1S/C23H25N3OS/c1-17-7-6-10-19(13-17)23-24-20(16-28-23)14-22(27)26-12-11-25(2)15-21(26)18-8-4-3-5-9-18/h3-10,13,16,21H,11-12,14-15H2,1-2H3. The third-order valence-electron chi connectivity index (χ3n) is 5.24. The van der Waals surface area contributed by atoms with Gasteiger partial charge in [0.15, 0.2) is 0 Å². The van der Waals surface area contributed by atoms with Crippen molar-refractivity contribution in [1.82, 2.24) is 14.8 Å². The first-order valence-corrected chi connectivity index (χ1v) is 10.5. The summed E-state index contributed by atoms with van der Waals surface area (Å²) in [6, 6.07) is 18.8. The number of amides is 1. The molecule has 1 saturated heterocycles. The van der Waals surface area contributed by atoms with Crippen LogP contribution in [0.25, 0.3) is 10.6 Å². The highest BCUT2D eigenvalue weighted by Crippen LogP contribution is 2.27. The summed E-state index contributed by atoms with van der Waals surface area (Å²) in [5, 5.41) is 2.99. The zero-order valence-corrected chi connectivity index (χ0v) is 17.2. The van der Waals surface area contributed by atoms with Crippen LogP contribution >= 0.6 is 11.3 Å². The summed E-state index contributed by atoms with van der Waals surface area (Å²) in [6.07, 6.45) is 0.357. The summed E-state index contributed by atoms with van der Waals surface area (Å²) in [5.74, 6) is 0.156. The molecule has 0 bridgehead atoms. The normalized spacial score (nSPS) is 17.6. The first kappa shape index (κ1) is 18.8. The Morgan fingerprint density at radius 2 is 1.96 bits per heavy atom. The number of carbonyl (C=O) groups is 1. The number of hydrogen-bond acceptors (Lipinski definition) is 4. The third kappa shape index (κ3) is 4.16. The number of rotatable bonds is 4. The number of hydrogen-bond donors (Lipinski definition) is 0. The van der Waals surface area contributed by atoms with Gasteiger partial charge in [0.1, 0.15) is 5.01 Å². The quantitative estimate of drug-likeness (QED) is 0.670. The zero-order chi connectivity index (χ0) is 19.5. The summed E-state index contributed by atoms with van der Waals surface area (Å²) in [6.45, 7) is 4.60. The second-order valence-electron chi connectivity index (χ2n) is 7.47. The summed E-state index contributed by atoms with van der Waals surface area (Å²) in [7, 11) is 2.12. The molecule has 2 aromatic carbocycles. The molecule has 0 saturated carbocycles. The number of aryl methyl sites for hydroxylation is 1. The van der Waals surface area contributed by atoms with Gasteiger partial charge in [-0.05, 0) is 25.6 Å². The summed E-state index contributed by atoms with van der Waals surface area (Å²) >= 11 is 1.61. The smallest absolute Gasteiger partial charge is 0.229 e. The zero-order valence-electron chi connectivity index (χ0n) is 16.3. The lowest BCUT2D eigenvalue weighted by Crippen LogP contribution is -2.49. The molecule has 2 heterocycles. The maximum Gasteiger partial charge on any atom is 0.229 e. The number of aromatic nitrogens is 1. The molecular formula is C23H25N3OS. The van der Waals surface area contributed by atoms with E-state index in [1.807, 2.05) is 34.5 Å². The molecule has 4 nitrogen and oxygen atoms in total. The summed E-state index contributed by atoms with van der Waals surface area (Å²) < 4.78 is 0. The molecule has 1 aliphatic rings. The van der Waals surface area contributed by atoms with Gasteiger partial charge < -0.3 is 9.80 Å². The fraction of sp³-hybridized carbons (Fsp3) is 0.304. The largest absolute Gasteiger partial charge is 0.333 e. The second kappa shape index (κ2) is 8.25. The molecule has 4 rings (SSSR count). The van der Waals surface area contributed by atoms with Crippen molar-refractivity contribution < 1.29 is 4.79 Å². The third-order valence-corrected chi connectivity index (χ3v) is 6.18. The minimum Gasteiger partial charge on any atom is -0.333 e. The van der Waals surface area contributed by atoms with E-state index in [-0.39, 0.29) is 11.9 Å².